The maximum absolute atomic E-state index is 13.7. The Bertz CT molecular complexity index is 589. The van der Waals surface area contributed by atoms with Crippen LogP contribution in [0.4, 0.5) is 4.39 Å². The van der Waals surface area contributed by atoms with Crippen LogP contribution in [0, 0.1) is 23.1 Å². The molecule has 1 saturated heterocycles. The topological polar surface area (TPSA) is 70.0 Å². The van der Waals surface area contributed by atoms with E-state index in [0.29, 0.717) is 13.1 Å². The molecule has 4 nitrogen and oxygen atoms in total. The normalized spacial score (nSPS) is 16.0. The van der Waals surface area contributed by atoms with Gasteiger partial charge in [0, 0.05) is 18.7 Å². The highest BCUT2D eigenvalue weighted by atomic mass is 32.2. The van der Waals surface area contributed by atoms with Gasteiger partial charge in [-0.3, -0.25) is 0 Å². The van der Waals surface area contributed by atoms with E-state index in [-0.39, 0.29) is 28.6 Å². The first-order valence-corrected chi connectivity index (χ1v) is 7.42. The van der Waals surface area contributed by atoms with Gasteiger partial charge in [0.2, 0.25) is 0 Å². The Labute approximate surface area is 105 Å². The van der Waals surface area contributed by atoms with Crippen molar-refractivity contribution in [2.75, 3.05) is 18.8 Å². The Hall–Kier alpha value is -1.45. The predicted octanol–water partition coefficient (Wildman–Crippen LogP) is 0.832. The highest BCUT2D eigenvalue weighted by Crippen LogP contribution is 2.17. The summed E-state index contributed by atoms with van der Waals surface area (Å²) in [6.07, 6.45) is 0. The van der Waals surface area contributed by atoms with Crippen LogP contribution in [0.5, 0.6) is 0 Å². The SMILES string of the molecule is N#Cc1cccc(CS(=O)(=O)CC2CNC2)c1F. The van der Waals surface area contributed by atoms with Crippen LogP contribution in [0.3, 0.4) is 0 Å². The first kappa shape index (κ1) is 13.0. The van der Waals surface area contributed by atoms with Crippen LogP contribution in [0.2, 0.25) is 0 Å². The number of benzene rings is 1. The van der Waals surface area contributed by atoms with E-state index in [1.165, 1.54) is 18.2 Å². The van der Waals surface area contributed by atoms with Crippen molar-refractivity contribution in [2.45, 2.75) is 5.75 Å². The van der Waals surface area contributed by atoms with E-state index < -0.39 is 15.7 Å². The molecule has 1 fully saturated rings. The van der Waals surface area contributed by atoms with Crippen molar-refractivity contribution in [3.8, 4) is 6.07 Å². The van der Waals surface area contributed by atoms with Gasteiger partial charge in [-0.05, 0) is 12.0 Å². The molecule has 0 aliphatic carbocycles. The Balaban J connectivity index is 2.16. The number of sulfone groups is 1. The van der Waals surface area contributed by atoms with Crippen molar-refractivity contribution in [3.05, 3.63) is 35.1 Å². The molecule has 2 rings (SSSR count). The second-order valence-electron chi connectivity index (χ2n) is 4.47. The average Bonchev–Trinajstić information content (AvgIpc) is 2.27. The minimum absolute atomic E-state index is 0.0657. The van der Waals surface area contributed by atoms with Gasteiger partial charge in [0.15, 0.2) is 9.84 Å². The van der Waals surface area contributed by atoms with Crippen molar-refractivity contribution >= 4 is 9.84 Å². The Morgan fingerprint density at radius 2 is 2.17 bits per heavy atom. The lowest BCUT2D eigenvalue weighted by atomic mass is 10.1. The molecule has 1 heterocycles. The second-order valence-corrected chi connectivity index (χ2v) is 6.58. The maximum Gasteiger partial charge on any atom is 0.154 e. The molecule has 1 aliphatic rings. The summed E-state index contributed by atoms with van der Waals surface area (Å²) in [5, 5.41) is 11.7. The summed E-state index contributed by atoms with van der Waals surface area (Å²) in [5.74, 6) is -0.881. The molecule has 1 aliphatic heterocycles. The molecule has 0 atom stereocenters. The van der Waals surface area contributed by atoms with Crippen molar-refractivity contribution in [1.29, 1.82) is 5.26 Å². The quantitative estimate of drug-likeness (QED) is 0.878. The van der Waals surface area contributed by atoms with Gasteiger partial charge in [-0.2, -0.15) is 5.26 Å². The molecular weight excluding hydrogens is 255 g/mol. The number of hydrogen-bond acceptors (Lipinski definition) is 4. The van der Waals surface area contributed by atoms with Crippen LogP contribution < -0.4 is 5.32 Å². The maximum atomic E-state index is 13.7. The molecule has 96 valence electrons. The molecular formula is C12H13FN2O2S. The average molecular weight is 268 g/mol. The van der Waals surface area contributed by atoms with E-state index in [9.17, 15) is 12.8 Å². The first-order chi connectivity index (χ1) is 8.52. The van der Waals surface area contributed by atoms with Crippen LogP contribution in [0.1, 0.15) is 11.1 Å². The van der Waals surface area contributed by atoms with E-state index in [1.807, 2.05) is 0 Å². The molecule has 0 amide bonds. The monoisotopic (exact) mass is 268 g/mol. The van der Waals surface area contributed by atoms with Crippen molar-refractivity contribution in [2.24, 2.45) is 5.92 Å². The zero-order valence-electron chi connectivity index (χ0n) is 9.69. The van der Waals surface area contributed by atoms with Crippen LogP contribution in [0.15, 0.2) is 18.2 Å². The first-order valence-electron chi connectivity index (χ1n) is 5.60. The molecule has 1 N–H and O–H groups in total. The minimum atomic E-state index is -3.33. The third-order valence-corrected chi connectivity index (χ3v) is 4.66. The van der Waals surface area contributed by atoms with E-state index in [4.69, 9.17) is 5.26 Å². The van der Waals surface area contributed by atoms with Crippen LogP contribution >= 0.6 is 0 Å². The molecule has 1 aromatic carbocycles. The minimum Gasteiger partial charge on any atom is -0.316 e. The smallest absolute Gasteiger partial charge is 0.154 e. The predicted molar refractivity (Wildman–Crippen MR) is 65.0 cm³/mol. The van der Waals surface area contributed by atoms with Gasteiger partial charge in [-0.25, -0.2) is 12.8 Å². The summed E-state index contributed by atoms with van der Waals surface area (Å²) in [5.41, 5.74) is -0.0469. The fourth-order valence-corrected chi connectivity index (χ4v) is 3.67. The van der Waals surface area contributed by atoms with Gasteiger partial charge in [-0.1, -0.05) is 12.1 Å². The summed E-state index contributed by atoms with van der Waals surface area (Å²) in [6.45, 7) is 1.39. The molecule has 0 spiro atoms. The Kier molecular flexibility index (Phi) is 3.64. The number of halogens is 1. The van der Waals surface area contributed by atoms with E-state index >= 15 is 0 Å². The second kappa shape index (κ2) is 5.04. The fourth-order valence-electron chi connectivity index (χ4n) is 1.90. The lowest BCUT2D eigenvalue weighted by molar-refractivity contribution is 0.378. The zero-order chi connectivity index (χ0) is 13.2. The highest BCUT2D eigenvalue weighted by molar-refractivity contribution is 7.90. The third kappa shape index (κ3) is 2.86. The van der Waals surface area contributed by atoms with Crippen molar-refractivity contribution < 1.29 is 12.8 Å². The molecule has 1 aromatic rings. The van der Waals surface area contributed by atoms with E-state index in [1.54, 1.807) is 6.07 Å². The molecule has 0 bridgehead atoms. The fraction of sp³-hybridized carbons (Fsp3) is 0.417. The van der Waals surface area contributed by atoms with E-state index in [2.05, 4.69) is 5.32 Å². The zero-order valence-corrected chi connectivity index (χ0v) is 10.5. The Morgan fingerprint density at radius 3 is 2.72 bits per heavy atom. The number of nitrogens with one attached hydrogen (secondary N) is 1. The van der Waals surface area contributed by atoms with Gasteiger partial charge in [-0.15, -0.1) is 0 Å². The van der Waals surface area contributed by atoms with Crippen LogP contribution in [-0.4, -0.2) is 27.3 Å². The lowest BCUT2D eigenvalue weighted by Gasteiger charge is -2.26. The van der Waals surface area contributed by atoms with Crippen molar-refractivity contribution in [3.63, 3.8) is 0 Å². The summed E-state index contributed by atoms with van der Waals surface area (Å²) in [6, 6.07) is 5.95. The van der Waals surface area contributed by atoms with Gasteiger partial charge in [0.05, 0.1) is 17.1 Å². The molecule has 18 heavy (non-hydrogen) atoms. The number of hydrogen-bond donors (Lipinski definition) is 1. The molecule has 0 aromatic heterocycles. The standard InChI is InChI=1S/C12H13FN2O2S/c13-12-10(4-14)2-1-3-11(12)8-18(16,17)7-9-5-15-6-9/h1-3,9,15H,5-8H2. The van der Waals surface area contributed by atoms with E-state index in [0.717, 1.165) is 0 Å². The largest absolute Gasteiger partial charge is 0.316 e. The summed E-state index contributed by atoms with van der Waals surface area (Å²) in [4.78, 5) is 0. The molecule has 0 unspecified atom stereocenters. The van der Waals surface area contributed by atoms with Gasteiger partial charge < -0.3 is 5.32 Å². The molecule has 0 radical (unpaired) electrons. The Morgan fingerprint density at radius 1 is 1.44 bits per heavy atom. The third-order valence-electron chi connectivity index (χ3n) is 2.93. The number of rotatable bonds is 4. The van der Waals surface area contributed by atoms with Gasteiger partial charge in [0.25, 0.3) is 0 Å². The van der Waals surface area contributed by atoms with Gasteiger partial charge in [0.1, 0.15) is 11.9 Å². The van der Waals surface area contributed by atoms with Gasteiger partial charge >= 0.3 is 0 Å². The summed E-state index contributed by atoms with van der Waals surface area (Å²) >= 11 is 0. The molecule has 0 saturated carbocycles. The van der Waals surface area contributed by atoms with Crippen LogP contribution in [0.25, 0.3) is 0 Å². The summed E-state index contributed by atoms with van der Waals surface area (Å²) < 4.78 is 37.5. The summed E-state index contributed by atoms with van der Waals surface area (Å²) in [7, 11) is -3.33. The highest BCUT2D eigenvalue weighted by Gasteiger charge is 2.25. The van der Waals surface area contributed by atoms with Crippen LogP contribution in [-0.2, 0) is 15.6 Å². The van der Waals surface area contributed by atoms with Crippen molar-refractivity contribution in [1.82, 2.24) is 5.32 Å². The lowest BCUT2D eigenvalue weighted by Crippen LogP contribution is -2.45. The number of nitrogens with zero attached hydrogens (tertiary/aromatic N) is 1. The number of nitriles is 1. The molecule has 6 heteroatoms.